The number of carbonyl (C=O) groups excluding carboxylic acids is 1. The van der Waals surface area contributed by atoms with E-state index in [4.69, 9.17) is 0 Å². The summed E-state index contributed by atoms with van der Waals surface area (Å²) in [6.07, 6.45) is 2.57. The SMILES string of the molecule is O=C1CC(c2cccs2)CC(O)=C1C=NCCN1CCNCC1. The topological polar surface area (TPSA) is 64.9 Å². The smallest absolute Gasteiger partial charge is 0.168 e. The van der Waals surface area contributed by atoms with Crippen LogP contribution in [0.4, 0.5) is 0 Å². The number of nitrogens with zero attached hydrogens (tertiary/aromatic N) is 2. The second-order valence-corrected chi connectivity index (χ2v) is 7.01. The maximum Gasteiger partial charge on any atom is 0.168 e. The summed E-state index contributed by atoms with van der Waals surface area (Å²) >= 11 is 1.64. The summed E-state index contributed by atoms with van der Waals surface area (Å²) in [5.41, 5.74) is 0.401. The predicted octanol–water partition coefficient (Wildman–Crippen LogP) is 1.98. The Bertz CT molecular complexity index is 589. The summed E-state index contributed by atoms with van der Waals surface area (Å²) in [6, 6.07) is 4.01. The van der Waals surface area contributed by atoms with E-state index >= 15 is 0 Å². The van der Waals surface area contributed by atoms with Crippen LogP contribution in [0.25, 0.3) is 0 Å². The number of aliphatic hydroxyl groups is 1. The molecule has 5 nitrogen and oxygen atoms in total. The first-order valence-corrected chi connectivity index (χ1v) is 9.03. The Morgan fingerprint density at radius 1 is 1.39 bits per heavy atom. The standard InChI is InChI=1S/C17H23N3O2S/c21-15-10-13(17-2-1-9-23-17)11-16(22)14(15)12-19-5-8-20-6-3-18-4-7-20/h1-2,9,12-13,18,21H,3-8,10-11H2. The molecular weight excluding hydrogens is 310 g/mol. The van der Waals surface area contributed by atoms with Crippen molar-refractivity contribution in [2.75, 3.05) is 39.3 Å². The Morgan fingerprint density at radius 3 is 2.91 bits per heavy atom. The Morgan fingerprint density at radius 2 is 2.22 bits per heavy atom. The number of carbonyl (C=O) groups is 1. The molecular formula is C17H23N3O2S. The molecule has 2 aliphatic rings. The first-order valence-electron chi connectivity index (χ1n) is 8.15. The number of piperazine rings is 1. The zero-order valence-electron chi connectivity index (χ0n) is 13.2. The van der Waals surface area contributed by atoms with E-state index in [-0.39, 0.29) is 17.5 Å². The van der Waals surface area contributed by atoms with E-state index in [1.807, 2.05) is 17.5 Å². The van der Waals surface area contributed by atoms with Crippen LogP contribution in [0, 0.1) is 0 Å². The van der Waals surface area contributed by atoms with E-state index in [2.05, 4.69) is 15.2 Å². The predicted molar refractivity (Wildman–Crippen MR) is 93.6 cm³/mol. The van der Waals surface area contributed by atoms with Gasteiger partial charge in [-0.1, -0.05) is 6.07 Å². The molecule has 2 heterocycles. The van der Waals surface area contributed by atoms with E-state index in [0.29, 0.717) is 25.0 Å². The van der Waals surface area contributed by atoms with Crippen molar-refractivity contribution >= 4 is 23.3 Å². The number of Topliss-reactive ketones (excluding diaryl/α,β-unsaturated/α-hetero) is 1. The first-order chi connectivity index (χ1) is 11.2. The van der Waals surface area contributed by atoms with E-state index in [1.54, 1.807) is 17.6 Å². The summed E-state index contributed by atoms with van der Waals surface area (Å²) < 4.78 is 0. The van der Waals surface area contributed by atoms with E-state index in [9.17, 15) is 9.90 Å². The van der Waals surface area contributed by atoms with Crippen LogP contribution in [0.5, 0.6) is 0 Å². The fourth-order valence-corrected chi connectivity index (χ4v) is 3.90. The van der Waals surface area contributed by atoms with Crippen LogP contribution in [0.15, 0.2) is 33.8 Å². The third kappa shape index (κ3) is 4.28. The Kier molecular flexibility index (Phi) is 5.59. The van der Waals surface area contributed by atoms with Crippen LogP contribution in [-0.4, -0.2) is 61.3 Å². The number of aliphatic imine (C=N–C) groups is 1. The molecule has 1 aliphatic carbocycles. The molecule has 0 radical (unpaired) electrons. The number of aliphatic hydroxyl groups excluding tert-OH is 1. The van der Waals surface area contributed by atoms with Gasteiger partial charge in [-0.3, -0.25) is 14.7 Å². The van der Waals surface area contributed by atoms with Crippen LogP contribution in [0.2, 0.25) is 0 Å². The number of rotatable bonds is 5. The van der Waals surface area contributed by atoms with Crippen molar-refractivity contribution in [1.82, 2.24) is 10.2 Å². The van der Waals surface area contributed by atoms with Gasteiger partial charge >= 0.3 is 0 Å². The minimum absolute atomic E-state index is 0.00178. The third-order valence-electron chi connectivity index (χ3n) is 4.40. The lowest BCUT2D eigenvalue weighted by Gasteiger charge is -2.26. The molecule has 3 rings (SSSR count). The van der Waals surface area contributed by atoms with Crippen molar-refractivity contribution in [2.45, 2.75) is 18.8 Å². The largest absolute Gasteiger partial charge is 0.511 e. The van der Waals surface area contributed by atoms with Gasteiger partial charge in [0.05, 0.1) is 12.1 Å². The highest BCUT2D eigenvalue weighted by molar-refractivity contribution is 7.10. The highest BCUT2D eigenvalue weighted by Gasteiger charge is 2.28. The third-order valence-corrected chi connectivity index (χ3v) is 5.44. The van der Waals surface area contributed by atoms with Crippen molar-refractivity contribution in [1.29, 1.82) is 0 Å². The molecule has 1 aliphatic heterocycles. The molecule has 0 bridgehead atoms. The minimum atomic E-state index is -0.00178. The van der Waals surface area contributed by atoms with E-state index in [1.165, 1.54) is 4.88 Å². The lowest BCUT2D eigenvalue weighted by molar-refractivity contribution is -0.116. The minimum Gasteiger partial charge on any atom is -0.511 e. The zero-order valence-corrected chi connectivity index (χ0v) is 14.0. The van der Waals surface area contributed by atoms with Crippen LogP contribution < -0.4 is 5.32 Å². The van der Waals surface area contributed by atoms with E-state index < -0.39 is 0 Å². The summed E-state index contributed by atoms with van der Waals surface area (Å²) in [6.45, 7) is 5.71. The Balaban J connectivity index is 1.55. The number of nitrogens with one attached hydrogen (secondary N) is 1. The maximum absolute atomic E-state index is 12.3. The molecule has 1 saturated heterocycles. The number of ketones is 1. The van der Waals surface area contributed by atoms with Crippen molar-refractivity contribution < 1.29 is 9.90 Å². The van der Waals surface area contributed by atoms with Gasteiger partial charge in [-0.25, -0.2) is 0 Å². The molecule has 0 saturated carbocycles. The Labute approximate surface area is 140 Å². The first kappa shape index (κ1) is 16.4. The fraction of sp³-hybridized carbons (Fsp3) is 0.529. The lowest BCUT2D eigenvalue weighted by atomic mass is 9.86. The molecule has 0 aromatic carbocycles. The second kappa shape index (κ2) is 7.86. The van der Waals surface area contributed by atoms with Gasteiger partial charge in [0.1, 0.15) is 5.76 Å². The van der Waals surface area contributed by atoms with Gasteiger partial charge in [-0.15, -0.1) is 11.3 Å². The fourth-order valence-electron chi connectivity index (χ4n) is 3.07. The van der Waals surface area contributed by atoms with Gasteiger partial charge in [-0.05, 0) is 11.4 Å². The molecule has 0 amide bonds. The van der Waals surface area contributed by atoms with Crippen molar-refractivity contribution in [3.8, 4) is 0 Å². The molecule has 1 aromatic heterocycles. The van der Waals surface area contributed by atoms with Crippen LogP contribution in [0.1, 0.15) is 23.6 Å². The van der Waals surface area contributed by atoms with Crippen molar-refractivity contribution in [2.24, 2.45) is 4.99 Å². The Hall–Kier alpha value is -1.50. The molecule has 6 heteroatoms. The van der Waals surface area contributed by atoms with Crippen LogP contribution in [-0.2, 0) is 4.79 Å². The van der Waals surface area contributed by atoms with Crippen molar-refractivity contribution in [3.63, 3.8) is 0 Å². The second-order valence-electron chi connectivity index (χ2n) is 6.03. The molecule has 23 heavy (non-hydrogen) atoms. The van der Waals surface area contributed by atoms with Crippen LogP contribution >= 0.6 is 11.3 Å². The summed E-state index contributed by atoms with van der Waals surface area (Å²) in [4.78, 5) is 20.2. The van der Waals surface area contributed by atoms with Gasteiger partial charge in [0.15, 0.2) is 5.78 Å². The van der Waals surface area contributed by atoms with Gasteiger partial charge in [0.25, 0.3) is 0 Å². The highest BCUT2D eigenvalue weighted by Crippen LogP contribution is 2.35. The quantitative estimate of drug-likeness (QED) is 0.809. The molecule has 124 valence electrons. The monoisotopic (exact) mass is 333 g/mol. The number of allylic oxidation sites excluding steroid dienone is 2. The van der Waals surface area contributed by atoms with Crippen molar-refractivity contribution in [3.05, 3.63) is 33.7 Å². The molecule has 1 atom stereocenters. The summed E-state index contributed by atoms with van der Waals surface area (Å²) in [5.74, 6) is 0.296. The van der Waals surface area contributed by atoms with E-state index in [0.717, 1.165) is 32.7 Å². The number of thiophene rings is 1. The summed E-state index contributed by atoms with van der Waals surface area (Å²) in [7, 11) is 0. The number of hydrogen-bond acceptors (Lipinski definition) is 6. The number of hydrogen-bond donors (Lipinski definition) is 2. The average molecular weight is 333 g/mol. The maximum atomic E-state index is 12.3. The molecule has 1 fully saturated rings. The molecule has 0 spiro atoms. The van der Waals surface area contributed by atoms with Gasteiger partial charge < -0.3 is 10.4 Å². The average Bonchev–Trinajstić information content (AvgIpc) is 3.09. The van der Waals surface area contributed by atoms with Gasteiger partial charge in [0.2, 0.25) is 0 Å². The molecule has 1 aromatic rings. The normalized spacial score (nSPS) is 23.8. The zero-order chi connectivity index (χ0) is 16.1. The molecule has 1 unspecified atom stereocenters. The lowest BCUT2D eigenvalue weighted by Crippen LogP contribution is -2.44. The molecule has 2 N–H and O–H groups in total. The highest BCUT2D eigenvalue weighted by atomic mass is 32.1. The van der Waals surface area contributed by atoms with Crippen LogP contribution in [0.3, 0.4) is 0 Å². The van der Waals surface area contributed by atoms with Gasteiger partial charge in [0, 0.05) is 62.6 Å². The summed E-state index contributed by atoms with van der Waals surface area (Å²) in [5, 5.41) is 15.5. The van der Waals surface area contributed by atoms with Gasteiger partial charge in [-0.2, -0.15) is 0 Å².